The Balaban J connectivity index is 1.37. The van der Waals surface area contributed by atoms with Gasteiger partial charge in [-0.15, -0.1) is 0 Å². The smallest absolute Gasteiger partial charge is 0.427 e. The number of allylic oxidation sites excluding steroid dienone is 1. The van der Waals surface area contributed by atoms with E-state index in [9.17, 15) is 45.2 Å². The van der Waals surface area contributed by atoms with Crippen LogP contribution >= 0.6 is 0 Å². The maximum absolute atomic E-state index is 14.9. The van der Waals surface area contributed by atoms with Gasteiger partial charge < -0.3 is 29.7 Å². The number of nitrogens with one attached hydrogen (secondary N) is 3. The summed E-state index contributed by atoms with van der Waals surface area (Å²) < 4.78 is 98.4. The molecule has 3 heterocycles. The molecule has 59 heavy (non-hydrogen) atoms. The number of hydrogen-bond donors (Lipinski definition) is 3. The molecule has 1 saturated heterocycles. The quantitative estimate of drug-likeness (QED) is 0.211. The summed E-state index contributed by atoms with van der Waals surface area (Å²) in [5.41, 5.74) is -4.67. The van der Waals surface area contributed by atoms with E-state index in [1.54, 1.807) is 37.3 Å². The van der Waals surface area contributed by atoms with E-state index < -0.39 is 92.6 Å². The van der Waals surface area contributed by atoms with E-state index in [2.05, 4.69) is 15.6 Å². The Morgan fingerprint density at radius 3 is 2.49 bits per heavy atom. The first kappa shape index (κ1) is 43.9. The molecule has 6 rings (SSSR count). The second-order valence-corrected chi connectivity index (χ2v) is 18.8. The topological polar surface area (TPSA) is 182 Å². The van der Waals surface area contributed by atoms with Crippen molar-refractivity contribution in [3.63, 3.8) is 0 Å². The van der Waals surface area contributed by atoms with Crippen LogP contribution in [0.1, 0.15) is 79.1 Å². The van der Waals surface area contributed by atoms with Crippen LogP contribution in [0.4, 0.5) is 22.4 Å². The number of pyridine rings is 1. The Hall–Kier alpha value is -4.68. The molecule has 4 aliphatic rings. The largest absolute Gasteiger partial charge is 0.497 e. The molecule has 4 amide bonds. The summed E-state index contributed by atoms with van der Waals surface area (Å²) >= 11 is 0. The molecule has 1 aromatic carbocycles. The summed E-state index contributed by atoms with van der Waals surface area (Å²) in [5.74, 6) is -3.25. The van der Waals surface area contributed by atoms with Gasteiger partial charge in [-0.2, -0.15) is 13.2 Å². The summed E-state index contributed by atoms with van der Waals surface area (Å²) in [6.07, 6.45) is -0.585. The number of carbonyl (C=O) groups excluding carboxylic acids is 4. The zero-order valence-electron chi connectivity index (χ0n) is 33.6. The molecule has 0 bridgehead atoms. The van der Waals surface area contributed by atoms with Gasteiger partial charge in [-0.25, -0.2) is 22.6 Å². The molecule has 3 fully saturated rings. The average molecular weight is 854 g/mol. The van der Waals surface area contributed by atoms with E-state index in [0.29, 0.717) is 50.7 Å². The van der Waals surface area contributed by atoms with Gasteiger partial charge in [0.15, 0.2) is 0 Å². The van der Waals surface area contributed by atoms with Crippen molar-refractivity contribution in [2.45, 2.75) is 119 Å². The molecule has 1 aromatic heterocycles. The van der Waals surface area contributed by atoms with Gasteiger partial charge in [-0.05, 0) is 93.9 Å². The fourth-order valence-corrected chi connectivity index (χ4v) is 9.35. The minimum Gasteiger partial charge on any atom is -0.497 e. The number of halogens is 4. The third-order valence-electron chi connectivity index (χ3n) is 12.1. The lowest BCUT2D eigenvalue weighted by molar-refractivity contribution is -0.244. The SMILES string of the molecule is CC[C@@H]1C[C@H](C)CC/C=C\[C@@H]2C[C@@]2(C(=O)NS(=O)(=O)C2(CF)CC2)NC(=O)C2C[C@@H](Oc3nccc4cc(OC)ccc34)CN2C(=O)[C@H]1NC(=O)OC(C)(C)C(F)(F)F. The van der Waals surface area contributed by atoms with Crippen molar-refractivity contribution in [1.29, 1.82) is 0 Å². The molecule has 324 valence electrons. The number of ether oxygens (including phenoxy) is 3. The first-order chi connectivity index (χ1) is 27.7. The number of alkyl carbamates (subject to hydrolysis) is 1. The number of fused-ring (bicyclic) bond motifs is 3. The number of benzene rings is 1. The number of aromatic nitrogens is 1. The minimum atomic E-state index is -4.93. The van der Waals surface area contributed by atoms with Crippen LogP contribution in [0.15, 0.2) is 42.6 Å². The van der Waals surface area contributed by atoms with E-state index in [-0.39, 0.29) is 44.0 Å². The number of sulfonamides is 1. The van der Waals surface area contributed by atoms with Crippen LogP contribution < -0.4 is 24.8 Å². The summed E-state index contributed by atoms with van der Waals surface area (Å²) in [5, 5.41) is 6.45. The highest BCUT2D eigenvalue weighted by Gasteiger charge is 2.64. The minimum absolute atomic E-state index is 0.0156. The van der Waals surface area contributed by atoms with Crippen molar-refractivity contribution in [3.05, 3.63) is 42.6 Å². The van der Waals surface area contributed by atoms with Crippen LogP contribution in [-0.4, -0.2) is 103 Å². The van der Waals surface area contributed by atoms with Crippen LogP contribution in [0.5, 0.6) is 11.6 Å². The Labute approximate surface area is 340 Å². The molecule has 0 spiro atoms. The van der Waals surface area contributed by atoms with Gasteiger partial charge in [-0.1, -0.05) is 32.4 Å². The summed E-state index contributed by atoms with van der Waals surface area (Å²) in [4.78, 5) is 62.1. The van der Waals surface area contributed by atoms with Crippen molar-refractivity contribution in [3.8, 4) is 11.6 Å². The summed E-state index contributed by atoms with van der Waals surface area (Å²) in [7, 11) is -2.95. The molecule has 0 radical (unpaired) electrons. The number of carbonyl (C=O) groups is 4. The molecular formula is C40H51F4N5O9S. The molecule has 2 aliphatic heterocycles. The van der Waals surface area contributed by atoms with E-state index in [0.717, 1.165) is 5.39 Å². The zero-order valence-corrected chi connectivity index (χ0v) is 34.4. The van der Waals surface area contributed by atoms with Gasteiger partial charge in [0.25, 0.3) is 5.91 Å². The number of methoxy groups -OCH3 is 1. The van der Waals surface area contributed by atoms with E-state index >= 15 is 0 Å². The lowest BCUT2D eigenvalue weighted by atomic mass is 9.85. The highest BCUT2D eigenvalue weighted by Crippen LogP contribution is 2.48. The molecule has 7 atom stereocenters. The fraction of sp³-hybridized carbons (Fsp3) is 0.625. The van der Waals surface area contributed by atoms with E-state index in [1.165, 1.54) is 18.2 Å². The number of amides is 4. The highest BCUT2D eigenvalue weighted by molar-refractivity contribution is 7.91. The van der Waals surface area contributed by atoms with E-state index in [1.807, 2.05) is 17.7 Å². The first-order valence-electron chi connectivity index (χ1n) is 19.8. The van der Waals surface area contributed by atoms with Crippen molar-refractivity contribution in [2.24, 2.45) is 17.8 Å². The summed E-state index contributed by atoms with van der Waals surface area (Å²) in [6.45, 7) is 3.64. The van der Waals surface area contributed by atoms with Gasteiger partial charge in [-0.3, -0.25) is 19.1 Å². The molecule has 3 N–H and O–H groups in total. The van der Waals surface area contributed by atoms with E-state index in [4.69, 9.17) is 14.2 Å². The maximum Gasteiger partial charge on any atom is 0.427 e. The average Bonchev–Trinajstić information content (AvgIpc) is 4.08. The number of rotatable bonds is 10. The Bertz CT molecular complexity index is 2100. The second-order valence-electron chi connectivity index (χ2n) is 16.7. The van der Waals surface area contributed by atoms with Crippen LogP contribution in [0.25, 0.3) is 10.8 Å². The standard InChI is InChI=1S/C40H51F4N5O9S/c1-6-24-17-23(2)9-7-8-10-26-20-39(26,35(52)48-59(54,55)38(22-41)14-15-38)47-32(50)30-19-28(57-33-29-12-11-27(56-5)18-25(29)13-16-45-33)21-49(30)34(51)31(24)46-36(53)58-37(3,4)40(42,43)44/h8,10-13,16,18,23-24,26,28,30-31H,6-7,9,14-15,17,19-22H2,1-5H3,(H,46,53)(H,47,50)(H,48,52)/b10-8-/t23-,24-,26-,28-,30?,31+,39-/m1/s1. The number of nitrogens with zero attached hydrogens (tertiary/aromatic N) is 2. The predicted molar refractivity (Wildman–Crippen MR) is 206 cm³/mol. The lowest BCUT2D eigenvalue weighted by Crippen LogP contribution is -2.60. The van der Waals surface area contributed by atoms with Crippen molar-refractivity contribution in [1.82, 2.24) is 25.2 Å². The van der Waals surface area contributed by atoms with Gasteiger partial charge >= 0.3 is 12.3 Å². The molecule has 14 nitrogen and oxygen atoms in total. The van der Waals surface area contributed by atoms with Crippen molar-refractivity contribution >= 4 is 44.6 Å². The molecular weight excluding hydrogens is 803 g/mol. The van der Waals surface area contributed by atoms with Crippen LogP contribution in [-0.2, 0) is 29.1 Å². The Morgan fingerprint density at radius 1 is 1.12 bits per heavy atom. The monoisotopic (exact) mass is 853 g/mol. The van der Waals surface area contributed by atoms with Gasteiger partial charge in [0.1, 0.15) is 40.9 Å². The summed E-state index contributed by atoms with van der Waals surface area (Å²) in [6, 6.07) is 4.12. The highest BCUT2D eigenvalue weighted by atomic mass is 32.2. The molecule has 2 aliphatic carbocycles. The normalized spacial score (nSPS) is 29.1. The second kappa shape index (κ2) is 16.4. The molecule has 1 unspecified atom stereocenters. The van der Waals surface area contributed by atoms with Gasteiger partial charge in [0.05, 0.1) is 13.7 Å². The van der Waals surface area contributed by atoms with Crippen LogP contribution in [0, 0.1) is 17.8 Å². The van der Waals surface area contributed by atoms with Crippen LogP contribution in [0.3, 0.4) is 0 Å². The molecule has 19 heteroatoms. The van der Waals surface area contributed by atoms with Crippen molar-refractivity contribution in [2.75, 3.05) is 20.3 Å². The third kappa shape index (κ3) is 8.94. The molecule has 2 aromatic rings. The first-order valence-corrected chi connectivity index (χ1v) is 21.3. The Morgan fingerprint density at radius 2 is 1.85 bits per heavy atom. The van der Waals surface area contributed by atoms with Crippen molar-refractivity contribution < 1.29 is 59.4 Å². The molecule has 2 saturated carbocycles. The Kier molecular flexibility index (Phi) is 12.2. The lowest BCUT2D eigenvalue weighted by Gasteiger charge is -2.35. The van der Waals surface area contributed by atoms with Gasteiger partial charge in [0, 0.05) is 23.9 Å². The maximum atomic E-state index is 14.9. The predicted octanol–water partition coefficient (Wildman–Crippen LogP) is 5.25. The number of hydrogen-bond acceptors (Lipinski definition) is 10. The third-order valence-corrected chi connectivity index (χ3v) is 14.3. The fourth-order valence-electron chi connectivity index (χ4n) is 7.92. The number of alkyl halides is 4. The van der Waals surface area contributed by atoms with Crippen LogP contribution in [0.2, 0.25) is 0 Å². The van der Waals surface area contributed by atoms with Gasteiger partial charge in [0.2, 0.25) is 33.3 Å². The zero-order chi connectivity index (χ0) is 43.1.